The largest absolute Gasteiger partial charge is 0.309 e. The summed E-state index contributed by atoms with van der Waals surface area (Å²) in [5.74, 6) is 1.78. The molecule has 0 unspecified atom stereocenters. The molecule has 3 aromatic heterocycles. The highest BCUT2D eigenvalue weighted by molar-refractivity contribution is 6.16. The number of aromatic nitrogens is 5. The molecule has 1 aliphatic carbocycles. The van der Waals surface area contributed by atoms with Crippen LogP contribution < -0.4 is 0 Å². The van der Waals surface area contributed by atoms with Crippen LogP contribution in [0.2, 0.25) is 0 Å². The Labute approximate surface area is 359 Å². The lowest BCUT2D eigenvalue weighted by Gasteiger charge is -2.17. The molecule has 5 nitrogen and oxygen atoms in total. The Bertz CT molecular complexity index is 3410. The number of rotatable bonds is 7. The van der Waals surface area contributed by atoms with Gasteiger partial charge in [-0.2, -0.15) is 0 Å². The Morgan fingerprint density at radius 2 is 0.935 bits per heavy atom. The van der Waals surface area contributed by atoms with Crippen LogP contribution in [0.5, 0.6) is 0 Å². The number of fused-ring (bicyclic) bond motifs is 7. The molecule has 0 radical (unpaired) electrons. The minimum atomic E-state index is 0.564. The summed E-state index contributed by atoms with van der Waals surface area (Å²) in [4.78, 5) is 21.1. The minimum Gasteiger partial charge on any atom is -0.309 e. The minimum absolute atomic E-state index is 0.564. The zero-order valence-electron chi connectivity index (χ0n) is 33.7. The van der Waals surface area contributed by atoms with Crippen LogP contribution in [0.3, 0.4) is 0 Å². The highest BCUT2D eigenvalue weighted by Gasteiger charge is 2.29. The van der Waals surface area contributed by atoms with Gasteiger partial charge in [0.15, 0.2) is 17.5 Å². The summed E-state index contributed by atoms with van der Waals surface area (Å²) < 4.78 is 2.44. The first-order valence-corrected chi connectivity index (χ1v) is 21.0. The van der Waals surface area contributed by atoms with Crippen LogP contribution >= 0.6 is 0 Å². The fourth-order valence-electron chi connectivity index (χ4n) is 9.26. The third kappa shape index (κ3) is 6.02. The number of para-hydroxylation sites is 2. The van der Waals surface area contributed by atoms with E-state index in [1.807, 2.05) is 42.6 Å². The van der Waals surface area contributed by atoms with Crippen molar-refractivity contribution in [3.63, 3.8) is 0 Å². The van der Waals surface area contributed by atoms with Crippen molar-refractivity contribution in [3.05, 3.63) is 224 Å². The lowest BCUT2D eigenvalue weighted by Crippen LogP contribution is -2.03. The second-order valence-corrected chi connectivity index (χ2v) is 15.8. The SMILES string of the molecule is c1ccc(-c2cccc(-c3cnc(-c4cccc5c4-c4c(ccc6c7ccccc7n(-c7ccccc7)c46)C5)c(-c4nc(-c5ccccc5)nc(-c5ccccc5)n4)c3)c2)cc1. The first kappa shape index (κ1) is 35.6. The van der Waals surface area contributed by atoms with Gasteiger partial charge in [0.1, 0.15) is 0 Å². The molecule has 0 saturated carbocycles. The smallest absolute Gasteiger partial charge is 0.166 e. The zero-order chi connectivity index (χ0) is 41.0. The molecule has 1 aliphatic rings. The quantitative estimate of drug-likeness (QED) is 0.161. The molecule has 0 aliphatic heterocycles. The van der Waals surface area contributed by atoms with Gasteiger partial charge in [-0.1, -0.05) is 176 Å². The van der Waals surface area contributed by atoms with Crippen LogP contribution in [0.4, 0.5) is 0 Å². The third-order valence-electron chi connectivity index (χ3n) is 12.1. The van der Waals surface area contributed by atoms with Gasteiger partial charge in [0.25, 0.3) is 0 Å². The summed E-state index contributed by atoms with van der Waals surface area (Å²) in [6.07, 6.45) is 2.84. The zero-order valence-corrected chi connectivity index (χ0v) is 33.7. The normalized spacial score (nSPS) is 11.8. The highest BCUT2D eigenvalue weighted by atomic mass is 15.0. The highest BCUT2D eigenvalue weighted by Crippen LogP contribution is 2.50. The van der Waals surface area contributed by atoms with E-state index in [2.05, 4.69) is 174 Å². The van der Waals surface area contributed by atoms with E-state index in [4.69, 9.17) is 19.9 Å². The fraction of sp³-hybridized carbons (Fsp3) is 0.0175. The van der Waals surface area contributed by atoms with Crippen molar-refractivity contribution in [2.75, 3.05) is 0 Å². The summed E-state index contributed by atoms with van der Waals surface area (Å²) >= 11 is 0. The van der Waals surface area contributed by atoms with Crippen LogP contribution in [-0.4, -0.2) is 24.5 Å². The molecule has 0 saturated heterocycles. The van der Waals surface area contributed by atoms with Gasteiger partial charge in [-0.05, 0) is 70.1 Å². The maximum absolute atomic E-state index is 5.46. The Morgan fingerprint density at radius 1 is 0.371 bits per heavy atom. The molecule has 0 N–H and O–H groups in total. The van der Waals surface area contributed by atoms with E-state index in [-0.39, 0.29) is 0 Å². The van der Waals surface area contributed by atoms with E-state index in [0.717, 1.165) is 62.3 Å². The number of hydrogen-bond acceptors (Lipinski definition) is 4. The van der Waals surface area contributed by atoms with Gasteiger partial charge in [-0.15, -0.1) is 0 Å². The average Bonchev–Trinajstić information content (AvgIpc) is 3.91. The van der Waals surface area contributed by atoms with E-state index in [9.17, 15) is 0 Å². The molecule has 0 amide bonds. The first-order chi connectivity index (χ1) is 30.7. The molecule has 0 atom stereocenters. The van der Waals surface area contributed by atoms with Gasteiger partial charge in [0.2, 0.25) is 0 Å². The maximum Gasteiger partial charge on any atom is 0.166 e. The van der Waals surface area contributed by atoms with Crippen molar-refractivity contribution < 1.29 is 0 Å². The third-order valence-corrected chi connectivity index (χ3v) is 12.1. The van der Waals surface area contributed by atoms with Crippen LogP contribution in [0.25, 0.3) is 106 Å². The molecule has 62 heavy (non-hydrogen) atoms. The Kier molecular flexibility index (Phi) is 8.49. The molecular formula is C57H37N5. The summed E-state index contributed by atoms with van der Waals surface area (Å²) in [6, 6.07) is 72.5. The van der Waals surface area contributed by atoms with E-state index in [1.165, 1.54) is 44.1 Å². The lowest BCUT2D eigenvalue weighted by atomic mass is 9.92. The Balaban J connectivity index is 1.14. The van der Waals surface area contributed by atoms with Crippen molar-refractivity contribution in [2.24, 2.45) is 0 Å². The Hall–Kier alpha value is -8.28. The van der Waals surface area contributed by atoms with E-state index < -0.39 is 0 Å². The monoisotopic (exact) mass is 791 g/mol. The van der Waals surface area contributed by atoms with Crippen molar-refractivity contribution in [1.82, 2.24) is 24.5 Å². The standard InChI is InChI=1S/C57H37N5/c1-5-17-37(18-6-1)40-23-15-24-41(33-40)44-35-49(57-60-55(38-19-7-2-8-20-38)59-56(61-57)39-21-9-3-10-22-39)53(58-36-44)48-29-16-25-42-34-43-31-32-47-46-28-13-14-30-50(46)62(45-26-11-4-12-27-45)54(47)52(43)51(42)48/h1-33,35-36H,34H2. The number of benzene rings is 8. The topological polar surface area (TPSA) is 56.5 Å². The van der Waals surface area contributed by atoms with E-state index >= 15 is 0 Å². The van der Waals surface area contributed by atoms with Crippen LogP contribution in [0.1, 0.15) is 11.1 Å². The van der Waals surface area contributed by atoms with Crippen molar-refractivity contribution in [2.45, 2.75) is 6.42 Å². The average molecular weight is 792 g/mol. The van der Waals surface area contributed by atoms with Crippen molar-refractivity contribution in [1.29, 1.82) is 0 Å². The molecule has 5 heteroatoms. The van der Waals surface area contributed by atoms with Gasteiger partial charge in [0, 0.05) is 56.0 Å². The molecule has 0 bridgehead atoms. The second kappa shape index (κ2) is 14.8. The summed E-state index contributed by atoms with van der Waals surface area (Å²) in [5.41, 5.74) is 17.4. The molecule has 3 heterocycles. The van der Waals surface area contributed by atoms with Gasteiger partial charge in [-0.3, -0.25) is 4.98 Å². The van der Waals surface area contributed by atoms with Gasteiger partial charge >= 0.3 is 0 Å². The molecular weight excluding hydrogens is 755 g/mol. The van der Waals surface area contributed by atoms with Crippen LogP contribution in [0.15, 0.2) is 212 Å². The summed E-state index contributed by atoms with van der Waals surface area (Å²) in [5, 5.41) is 2.46. The predicted octanol–water partition coefficient (Wildman–Crippen LogP) is 13.9. The van der Waals surface area contributed by atoms with Gasteiger partial charge in [-0.25, -0.2) is 15.0 Å². The lowest BCUT2D eigenvalue weighted by molar-refractivity contribution is 1.07. The molecule has 8 aromatic carbocycles. The number of pyridine rings is 1. The second-order valence-electron chi connectivity index (χ2n) is 15.8. The number of hydrogen-bond donors (Lipinski definition) is 0. The van der Waals surface area contributed by atoms with Gasteiger partial charge in [0.05, 0.1) is 16.7 Å². The van der Waals surface area contributed by atoms with Crippen molar-refractivity contribution in [3.8, 4) is 84.5 Å². The Morgan fingerprint density at radius 3 is 1.65 bits per heavy atom. The van der Waals surface area contributed by atoms with Crippen LogP contribution in [-0.2, 0) is 6.42 Å². The first-order valence-electron chi connectivity index (χ1n) is 21.0. The summed E-state index contributed by atoms with van der Waals surface area (Å²) in [7, 11) is 0. The van der Waals surface area contributed by atoms with Crippen molar-refractivity contribution >= 4 is 21.8 Å². The molecule has 290 valence electrons. The molecule has 12 rings (SSSR count). The number of nitrogens with zero attached hydrogens (tertiary/aromatic N) is 5. The summed E-state index contributed by atoms with van der Waals surface area (Å²) in [6.45, 7) is 0. The maximum atomic E-state index is 5.46. The van der Waals surface area contributed by atoms with E-state index in [0.29, 0.717) is 17.5 Å². The van der Waals surface area contributed by atoms with E-state index in [1.54, 1.807) is 0 Å². The predicted molar refractivity (Wildman–Crippen MR) is 253 cm³/mol. The van der Waals surface area contributed by atoms with Gasteiger partial charge < -0.3 is 4.57 Å². The fourth-order valence-corrected chi connectivity index (χ4v) is 9.26. The molecule has 0 spiro atoms. The van der Waals surface area contributed by atoms with Crippen LogP contribution in [0, 0.1) is 0 Å². The molecule has 11 aromatic rings. The molecule has 0 fully saturated rings.